The van der Waals surface area contributed by atoms with Crippen LogP contribution in [0.2, 0.25) is 0 Å². The van der Waals surface area contributed by atoms with Gasteiger partial charge < -0.3 is 15.3 Å². The number of anilines is 1. The highest BCUT2D eigenvalue weighted by molar-refractivity contribution is 7.17. The minimum absolute atomic E-state index is 0.0977. The van der Waals surface area contributed by atoms with Crippen LogP contribution in [0.3, 0.4) is 0 Å². The molecule has 0 spiro atoms. The van der Waals surface area contributed by atoms with E-state index in [1.54, 1.807) is 18.9 Å². The van der Waals surface area contributed by atoms with Crippen LogP contribution < -0.4 is 5.32 Å². The molecule has 1 amide bonds. The molecule has 94 valence electrons. The van der Waals surface area contributed by atoms with E-state index >= 15 is 0 Å². The molecule has 2 heterocycles. The first-order valence-electron chi connectivity index (χ1n) is 5.55. The third-order valence-corrected chi connectivity index (χ3v) is 3.88. The number of carbonyl (C=O) groups is 1. The molecule has 1 aromatic rings. The van der Waals surface area contributed by atoms with Crippen LogP contribution in [0, 0.1) is 0 Å². The van der Waals surface area contributed by atoms with Gasteiger partial charge in [0, 0.05) is 20.1 Å². The fraction of sp³-hybridized carbons (Fsp3) is 0.700. The first-order valence-corrected chi connectivity index (χ1v) is 6.36. The summed E-state index contributed by atoms with van der Waals surface area (Å²) in [6.07, 6.45) is 1.22. The van der Waals surface area contributed by atoms with Crippen LogP contribution >= 0.6 is 11.3 Å². The molecule has 1 fully saturated rings. The van der Waals surface area contributed by atoms with Gasteiger partial charge >= 0.3 is 0 Å². The maximum atomic E-state index is 12.1. The highest BCUT2D eigenvalue weighted by Gasteiger charge is 2.31. The second-order valence-corrected chi connectivity index (χ2v) is 5.43. The number of nitrogens with one attached hydrogen (secondary N) is 1. The van der Waals surface area contributed by atoms with E-state index in [0.717, 1.165) is 0 Å². The minimum Gasteiger partial charge on any atom is -0.390 e. The van der Waals surface area contributed by atoms with Crippen molar-refractivity contribution in [1.29, 1.82) is 0 Å². The first-order chi connectivity index (χ1) is 8.02. The lowest BCUT2D eigenvalue weighted by Crippen LogP contribution is -2.45. The van der Waals surface area contributed by atoms with Crippen LogP contribution in [0.1, 0.15) is 29.6 Å². The van der Waals surface area contributed by atoms with Crippen molar-refractivity contribution >= 4 is 22.4 Å². The van der Waals surface area contributed by atoms with Crippen LogP contribution in [-0.2, 0) is 0 Å². The summed E-state index contributed by atoms with van der Waals surface area (Å²) in [5.74, 6) is -0.0977. The molecule has 0 bridgehead atoms. The predicted octanol–water partition coefficient (Wildman–Crippen LogP) is 0.567. The number of hydrogen-bond donors (Lipinski definition) is 2. The van der Waals surface area contributed by atoms with Crippen molar-refractivity contribution in [3.8, 4) is 0 Å². The van der Waals surface area contributed by atoms with Crippen molar-refractivity contribution in [2.24, 2.45) is 0 Å². The number of rotatable bonds is 2. The number of likely N-dealkylation sites (tertiary alicyclic amines) is 1. The molecule has 7 heteroatoms. The summed E-state index contributed by atoms with van der Waals surface area (Å²) in [6, 6.07) is 0. The molecule has 1 aliphatic heterocycles. The minimum atomic E-state index is -0.645. The Morgan fingerprint density at radius 1 is 1.47 bits per heavy atom. The zero-order valence-electron chi connectivity index (χ0n) is 9.93. The molecule has 6 nitrogen and oxygen atoms in total. The molecule has 2 N–H and O–H groups in total. The number of amides is 1. The quantitative estimate of drug-likeness (QED) is 0.808. The number of aliphatic hydroxyl groups is 1. The van der Waals surface area contributed by atoms with Gasteiger partial charge in [0.1, 0.15) is 0 Å². The summed E-state index contributed by atoms with van der Waals surface area (Å²) in [4.78, 5) is 13.8. The van der Waals surface area contributed by atoms with Gasteiger partial charge in [-0.3, -0.25) is 4.79 Å². The lowest BCUT2D eigenvalue weighted by Gasteiger charge is -2.35. The fourth-order valence-corrected chi connectivity index (χ4v) is 2.40. The zero-order chi connectivity index (χ0) is 12.5. The van der Waals surface area contributed by atoms with Gasteiger partial charge in [-0.25, -0.2) is 0 Å². The summed E-state index contributed by atoms with van der Waals surface area (Å²) >= 11 is 1.25. The van der Waals surface area contributed by atoms with E-state index < -0.39 is 5.60 Å². The molecular formula is C10H16N4O2S. The molecule has 0 unspecified atom stereocenters. The summed E-state index contributed by atoms with van der Waals surface area (Å²) in [5.41, 5.74) is -0.645. The Bertz CT molecular complexity index is 408. The Labute approximate surface area is 104 Å². The molecular weight excluding hydrogens is 240 g/mol. The van der Waals surface area contributed by atoms with Gasteiger partial charge in [-0.1, -0.05) is 11.3 Å². The average molecular weight is 256 g/mol. The van der Waals surface area contributed by atoms with Crippen LogP contribution in [0.4, 0.5) is 5.13 Å². The average Bonchev–Trinajstić information content (AvgIpc) is 2.76. The van der Waals surface area contributed by atoms with E-state index in [2.05, 4.69) is 15.5 Å². The van der Waals surface area contributed by atoms with E-state index in [9.17, 15) is 9.90 Å². The van der Waals surface area contributed by atoms with Gasteiger partial charge in [-0.2, -0.15) is 0 Å². The molecule has 0 aromatic carbocycles. The van der Waals surface area contributed by atoms with Gasteiger partial charge in [0.05, 0.1) is 5.60 Å². The molecule has 0 saturated carbocycles. The largest absolute Gasteiger partial charge is 0.390 e. The standard InChI is InChI=1S/C10H16N4O2S/c1-10(16)3-5-14(6-4-10)8(15)7-12-13-9(11-2)17-7/h16H,3-6H2,1-2H3,(H,11,13). The third kappa shape index (κ3) is 2.73. The van der Waals surface area contributed by atoms with Crippen LogP contribution in [-0.4, -0.2) is 51.8 Å². The van der Waals surface area contributed by atoms with Gasteiger partial charge in [0.15, 0.2) is 0 Å². The summed E-state index contributed by atoms with van der Waals surface area (Å²) in [6.45, 7) is 2.94. The third-order valence-electron chi connectivity index (χ3n) is 2.95. The molecule has 0 radical (unpaired) electrons. The van der Waals surface area contributed by atoms with Gasteiger partial charge in [-0.15, -0.1) is 10.2 Å². The van der Waals surface area contributed by atoms with Gasteiger partial charge in [0.2, 0.25) is 10.1 Å². The lowest BCUT2D eigenvalue weighted by atomic mass is 9.94. The Hall–Kier alpha value is -1.21. The summed E-state index contributed by atoms with van der Waals surface area (Å²) in [7, 11) is 1.74. The van der Waals surface area contributed by atoms with Crippen LogP contribution in [0.15, 0.2) is 0 Å². The van der Waals surface area contributed by atoms with Crippen LogP contribution in [0.5, 0.6) is 0 Å². The van der Waals surface area contributed by atoms with Crippen molar-refractivity contribution in [2.75, 3.05) is 25.5 Å². The monoisotopic (exact) mass is 256 g/mol. The summed E-state index contributed by atoms with van der Waals surface area (Å²) < 4.78 is 0. The molecule has 17 heavy (non-hydrogen) atoms. The Morgan fingerprint density at radius 2 is 2.12 bits per heavy atom. The zero-order valence-corrected chi connectivity index (χ0v) is 10.8. The first kappa shape index (κ1) is 12.3. The maximum Gasteiger partial charge on any atom is 0.284 e. The van der Waals surface area contributed by atoms with E-state index in [-0.39, 0.29) is 5.91 Å². The Kier molecular flexibility index (Phi) is 3.30. The van der Waals surface area contributed by atoms with Gasteiger partial charge in [0.25, 0.3) is 5.91 Å². The van der Waals surface area contributed by atoms with E-state index in [4.69, 9.17) is 0 Å². The molecule has 2 rings (SSSR count). The number of piperidine rings is 1. The Morgan fingerprint density at radius 3 is 2.65 bits per heavy atom. The SMILES string of the molecule is CNc1nnc(C(=O)N2CCC(C)(O)CC2)s1. The number of nitrogens with zero attached hydrogens (tertiary/aromatic N) is 3. The van der Waals surface area contributed by atoms with E-state index in [0.29, 0.717) is 36.1 Å². The molecule has 0 aliphatic carbocycles. The number of aromatic nitrogens is 2. The normalized spacial score (nSPS) is 19.1. The van der Waals surface area contributed by atoms with Gasteiger partial charge in [-0.05, 0) is 19.8 Å². The van der Waals surface area contributed by atoms with Crippen molar-refractivity contribution < 1.29 is 9.90 Å². The molecule has 0 atom stereocenters. The topological polar surface area (TPSA) is 78.4 Å². The van der Waals surface area contributed by atoms with E-state index in [1.807, 2.05) is 0 Å². The lowest BCUT2D eigenvalue weighted by molar-refractivity contribution is -0.00205. The second-order valence-electron chi connectivity index (χ2n) is 4.45. The smallest absolute Gasteiger partial charge is 0.284 e. The fourth-order valence-electron chi connectivity index (χ4n) is 1.74. The molecule has 1 aliphatic rings. The van der Waals surface area contributed by atoms with Crippen molar-refractivity contribution in [3.63, 3.8) is 0 Å². The summed E-state index contributed by atoms with van der Waals surface area (Å²) in [5, 5.41) is 21.4. The molecule has 1 aromatic heterocycles. The van der Waals surface area contributed by atoms with Crippen molar-refractivity contribution in [2.45, 2.75) is 25.4 Å². The number of carbonyl (C=O) groups excluding carboxylic acids is 1. The second kappa shape index (κ2) is 4.58. The maximum absolute atomic E-state index is 12.1. The highest BCUT2D eigenvalue weighted by Crippen LogP contribution is 2.23. The van der Waals surface area contributed by atoms with Crippen molar-refractivity contribution in [1.82, 2.24) is 15.1 Å². The van der Waals surface area contributed by atoms with Crippen molar-refractivity contribution in [3.05, 3.63) is 5.01 Å². The highest BCUT2D eigenvalue weighted by atomic mass is 32.1. The predicted molar refractivity (Wildman–Crippen MR) is 65.2 cm³/mol. The van der Waals surface area contributed by atoms with Crippen LogP contribution in [0.25, 0.3) is 0 Å². The van der Waals surface area contributed by atoms with E-state index in [1.165, 1.54) is 11.3 Å². The Balaban J connectivity index is 2.01. The molecule has 1 saturated heterocycles. The number of hydrogen-bond acceptors (Lipinski definition) is 6.